The van der Waals surface area contributed by atoms with Crippen LogP contribution in [0, 0.1) is 0 Å². The molecule has 6 nitrogen and oxygen atoms in total. The van der Waals surface area contributed by atoms with Gasteiger partial charge in [-0.1, -0.05) is 48.7 Å². The summed E-state index contributed by atoms with van der Waals surface area (Å²) in [4.78, 5) is 13.6. The Hall–Kier alpha value is -2.03. The van der Waals surface area contributed by atoms with Gasteiger partial charge in [0, 0.05) is 22.4 Å². The third kappa shape index (κ3) is 6.49. The van der Waals surface area contributed by atoms with Crippen molar-refractivity contribution in [1.29, 1.82) is 0 Å². The molecule has 1 saturated carbocycles. The largest absolute Gasteiger partial charge is 0.492 e. The molecule has 1 aliphatic carbocycles. The van der Waals surface area contributed by atoms with E-state index in [1.165, 1.54) is 35.9 Å². The second-order valence-corrected chi connectivity index (χ2v) is 10.2. The molecule has 1 N–H and O–H groups in total. The molecule has 1 aliphatic rings. The van der Waals surface area contributed by atoms with Crippen molar-refractivity contribution in [2.24, 2.45) is 0 Å². The fourth-order valence-corrected chi connectivity index (χ4v) is 5.55. The molecule has 3 aromatic rings. The normalized spacial score (nSPS) is 14.4. The highest BCUT2D eigenvalue weighted by Gasteiger charge is 2.23. The number of hydrogen-bond acceptors (Lipinski definition) is 6. The number of thioether (sulfide) groups is 1. The van der Waals surface area contributed by atoms with Gasteiger partial charge in [-0.3, -0.25) is 4.79 Å². The molecule has 0 aliphatic heterocycles. The standard InChI is InChI=1S/C23H27ClN4O2S2/c24-17-8-10-19(11-9-17)30-13-12-25-22(29)16-32-23-27-26-21(15-20-7-4-14-31-20)28(23)18-5-2-1-3-6-18/h4,7-11,14,18H,1-3,5-6,12-13,15-16H2,(H,25,29). The quantitative estimate of drug-likeness (QED) is 0.305. The van der Waals surface area contributed by atoms with Crippen LogP contribution in [0.25, 0.3) is 0 Å². The van der Waals surface area contributed by atoms with Crippen molar-refractivity contribution in [2.45, 2.75) is 49.7 Å². The van der Waals surface area contributed by atoms with E-state index >= 15 is 0 Å². The van der Waals surface area contributed by atoms with Crippen LogP contribution < -0.4 is 10.1 Å². The van der Waals surface area contributed by atoms with Crippen molar-refractivity contribution < 1.29 is 9.53 Å². The first-order valence-corrected chi connectivity index (χ1v) is 13.2. The first-order chi connectivity index (χ1) is 15.7. The Kier molecular flexibility index (Phi) is 8.48. The summed E-state index contributed by atoms with van der Waals surface area (Å²) in [5.74, 6) is 2.01. The Morgan fingerprint density at radius 3 is 2.75 bits per heavy atom. The maximum Gasteiger partial charge on any atom is 0.230 e. The summed E-state index contributed by atoms with van der Waals surface area (Å²) in [7, 11) is 0. The van der Waals surface area contributed by atoms with Gasteiger partial charge in [0.2, 0.25) is 5.91 Å². The van der Waals surface area contributed by atoms with Crippen LogP contribution in [0.15, 0.2) is 46.9 Å². The van der Waals surface area contributed by atoms with Crippen molar-refractivity contribution in [3.05, 3.63) is 57.5 Å². The molecule has 0 bridgehead atoms. The van der Waals surface area contributed by atoms with Gasteiger partial charge >= 0.3 is 0 Å². The van der Waals surface area contributed by atoms with E-state index in [0.717, 1.165) is 36.0 Å². The summed E-state index contributed by atoms with van der Waals surface area (Å²) in [5.41, 5.74) is 0. The lowest BCUT2D eigenvalue weighted by Crippen LogP contribution is -2.29. The molecule has 1 amide bonds. The maximum absolute atomic E-state index is 12.4. The number of benzene rings is 1. The Balaban J connectivity index is 1.30. The zero-order valence-electron chi connectivity index (χ0n) is 17.8. The summed E-state index contributed by atoms with van der Waals surface area (Å²) >= 11 is 9.08. The predicted octanol–water partition coefficient (Wildman–Crippen LogP) is 5.38. The van der Waals surface area contributed by atoms with E-state index in [2.05, 4.69) is 37.6 Å². The van der Waals surface area contributed by atoms with Crippen LogP contribution in [0.2, 0.25) is 5.02 Å². The second kappa shape index (κ2) is 11.7. The Bertz CT molecular complexity index is 986. The van der Waals surface area contributed by atoms with Gasteiger partial charge in [0.15, 0.2) is 5.16 Å². The van der Waals surface area contributed by atoms with E-state index in [1.807, 2.05) is 12.1 Å². The molecule has 0 unspecified atom stereocenters. The average molecular weight is 491 g/mol. The number of carbonyl (C=O) groups is 1. The minimum absolute atomic E-state index is 0.0345. The van der Waals surface area contributed by atoms with Crippen LogP contribution in [-0.2, 0) is 11.2 Å². The fraction of sp³-hybridized carbons (Fsp3) is 0.435. The average Bonchev–Trinajstić information content (AvgIpc) is 3.47. The lowest BCUT2D eigenvalue weighted by molar-refractivity contribution is -0.118. The van der Waals surface area contributed by atoms with E-state index in [0.29, 0.717) is 30.0 Å². The first-order valence-electron chi connectivity index (χ1n) is 10.9. The minimum Gasteiger partial charge on any atom is -0.492 e. The van der Waals surface area contributed by atoms with Gasteiger partial charge in [0.1, 0.15) is 18.2 Å². The number of nitrogens with one attached hydrogen (secondary N) is 1. The SMILES string of the molecule is O=C(CSc1nnc(Cc2cccs2)n1C1CCCCC1)NCCOc1ccc(Cl)cc1. The van der Waals surface area contributed by atoms with Crippen molar-refractivity contribution in [3.8, 4) is 5.75 Å². The van der Waals surface area contributed by atoms with Crippen molar-refractivity contribution in [1.82, 2.24) is 20.1 Å². The molecule has 0 atom stereocenters. The molecule has 0 radical (unpaired) electrons. The topological polar surface area (TPSA) is 69.0 Å². The summed E-state index contributed by atoms with van der Waals surface area (Å²) in [6, 6.07) is 11.8. The number of rotatable bonds is 10. The van der Waals surface area contributed by atoms with Gasteiger partial charge in [0.25, 0.3) is 0 Å². The number of aromatic nitrogens is 3. The predicted molar refractivity (Wildman–Crippen MR) is 130 cm³/mol. The van der Waals surface area contributed by atoms with Gasteiger partial charge in [-0.25, -0.2) is 0 Å². The highest BCUT2D eigenvalue weighted by Crippen LogP contribution is 2.33. The fourth-order valence-electron chi connectivity index (χ4n) is 3.87. The molecular weight excluding hydrogens is 464 g/mol. The minimum atomic E-state index is -0.0345. The van der Waals surface area contributed by atoms with Crippen LogP contribution in [0.1, 0.15) is 48.8 Å². The van der Waals surface area contributed by atoms with E-state index in [-0.39, 0.29) is 5.91 Å². The van der Waals surface area contributed by atoms with Gasteiger partial charge in [-0.05, 0) is 48.6 Å². The third-order valence-electron chi connectivity index (χ3n) is 5.43. The van der Waals surface area contributed by atoms with Crippen LogP contribution in [-0.4, -0.2) is 39.6 Å². The number of ether oxygens (including phenoxy) is 1. The molecule has 0 spiro atoms. The Labute approximate surface area is 201 Å². The number of halogens is 1. The summed E-state index contributed by atoms with van der Waals surface area (Å²) in [5, 5.41) is 15.5. The maximum atomic E-state index is 12.4. The molecular formula is C23H27ClN4O2S2. The van der Waals surface area contributed by atoms with E-state index < -0.39 is 0 Å². The summed E-state index contributed by atoms with van der Waals surface area (Å²) in [6.45, 7) is 0.849. The molecule has 32 heavy (non-hydrogen) atoms. The Morgan fingerprint density at radius 2 is 2.00 bits per heavy atom. The van der Waals surface area contributed by atoms with Crippen LogP contribution in [0.5, 0.6) is 5.75 Å². The number of thiophene rings is 1. The van der Waals surface area contributed by atoms with Gasteiger partial charge in [0.05, 0.1) is 12.3 Å². The van der Waals surface area contributed by atoms with Crippen LogP contribution >= 0.6 is 34.7 Å². The van der Waals surface area contributed by atoms with Crippen LogP contribution in [0.3, 0.4) is 0 Å². The lowest BCUT2D eigenvalue weighted by atomic mass is 9.95. The Morgan fingerprint density at radius 1 is 1.19 bits per heavy atom. The zero-order valence-corrected chi connectivity index (χ0v) is 20.2. The number of amides is 1. The van der Waals surface area contributed by atoms with E-state index in [9.17, 15) is 4.79 Å². The number of hydrogen-bond donors (Lipinski definition) is 1. The van der Waals surface area contributed by atoms with Gasteiger partial charge < -0.3 is 14.6 Å². The second-order valence-electron chi connectivity index (χ2n) is 7.76. The molecule has 1 fully saturated rings. The third-order valence-corrected chi connectivity index (χ3v) is 7.50. The zero-order chi connectivity index (χ0) is 22.2. The monoisotopic (exact) mass is 490 g/mol. The van der Waals surface area contributed by atoms with E-state index in [4.69, 9.17) is 16.3 Å². The summed E-state index contributed by atoms with van der Waals surface area (Å²) in [6.07, 6.45) is 6.85. The lowest BCUT2D eigenvalue weighted by Gasteiger charge is -2.25. The molecule has 0 saturated heterocycles. The first kappa shape index (κ1) is 23.1. The smallest absolute Gasteiger partial charge is 0.230 e. The van der Waals surface area contributed by atoms with Gasteiger partial charge in [-0.2, -0.15) is 0 Å². The highest BCUT2D eigenvalue weighted by molar-refractivity contribution is 7.99. The number of carbonyl (C=O) groups excluding carboxylic acids is 1. The van der Waals surface area contributed by atoms with Crippen LogP contribution in [0.4, 0.5) is 0 Å². The summed E-state index contributed by atoms with van der Waals surface area (Å²) < 4.78 is 7.91. The van der Waals surface area contributed by atoms with Crippen molar-refractivity contribution in [2.75, 3.05) is 18.9 Å². The van der Waals surface area contributed by atoms with Crippen molar-refractivity contribution >= 4 is 40.6 Å². The van der Waals surface area contributed by atoms with E-state index in [1.54, 1.807) is 23.5 Å². The molecule has 4 rings (SSSR count). The highest BCUT2D eigenvalue weighted by atomic mass is 35.5. The molecule has 2 aromatic heterocycles. The van der Waals surface area contributed by atoms with Gasteiger partial charge in [-0.15, -0.1) is 21.5 Å². The molecule has 9 heteroatoms. The molecule has 2 heterocycles. The molecule has 170 valence electrons. The van der Waals surface area contributed by atoms with Crippen molar-refractivity contribution in [3.63, 3.8) is 0 Å². The molecule has 1 aromatic carbocycles. The number of nitrogens with zero attached hydrogens (tertiary/aromatic N) is 3.